The fraction of sp³-hybridized carbons (Fsp3) is 0.385. The third-order valence-corrected chi connectivity index (χ3v) is 2.58. The number of ether oxygens (including phenoxy) is 1. The van der Waals surface area contributed by atoms with Gasteiger partial charge in [0.25, 0.3) is 0 Å². The summed E-state index contributed by atoms with van der Waals surface area (Å²) in [5.41, 5.74) is -2.44. The molecule has 0 saturated carbocycles. The minimum atomic E-state index is -5.31. The number of carbonyl (C=O) groups excluding carboxylic acids is 2. The van der Waals surface area contributed by atoms with E-state index in [0.717, 1.165) is 12.1 Å². The van der Waals surface area contributed by atoms with E-state index in [9.17, 15) is 22.5 Å². The normalized spacial score (nSPS) is 12.2. The fourth-order valence-electron chi connectivity index (χ4n) is 1.71. The monoisotopic (exact) mass is 287 g/mol. The minimum Gasteiger partial charge on any atom is -0.456 e. The predicted octanol–water partition coefficient (Wildman–Crippen LogP) is 2.82. The van der Waals surface area contributed by atoms with Crippen molar-refractivity contribution >= 4 is 24.7 Å². The van der Waals surface area contributed by atoms with Crippen molar-refractivity contribution in [3.05, 3.63) is 28.8 Å². The summed E-state index contributed by atoms with van der Waals surface area (Å²) in [5.74, 6) is -0.875. The van der Waals surface area contributed by atoms with Gasteiger partial charge in [-0.2, -0.15) is 0 Å². The molecule has 0 fully saturated rings. The fourth-order valence-corrected chi connectivity index (χ4v) is 1.71. The van der Waals surface area contributed by atoms with Crippen molar-refractivity contribution in [2.75, 3.05) is 0 Å². The maximum atomic E-state index is 12.9. The molecule has 0 spiro atoms. The molecule has 0 N–H and O–H groups in total. The molecular weight excluding hydrogens is 272 g/mol. The van der Waals surface area contributed by atoms with Crippen LogP contribution >= 0.6 is 0 Å². The summed E-state index contributed by atoms with van der Waals surface area (Å²) in [4.78, 5) is 22.7. The zero-order chi connectivity index (χ0) is 15.7. The van der Waals surface area contributed by atoms with Crippen LogP contribution in [0.1, 0.15) is 47.1 Å². The first-order valence-electron chi connectivity index (χ1n) is 5.98. The number of aldehydes is 1. The van der Waals surface area contributed by atoms with Crippen LogP contribution in [-0.2, 0) is 4.74 Å². The van der Waals surface area contributed by atoms with Crippen LogP contribution in [0, 0.1) is 6.92 Å². The molecule has 7 heteroatoms. The van der Waals surface area contributed by atoms with Crippen LogP contribution in [0.3, 0.4) is 0 Å². The average Bonchev–Trinajstić information content (AvgIpc) is 2.25. The summed E-state index contributed by atoms with van der Waals surface area (Å²) < 4.78 is 43.9. The van der Waals surface area contributed by atoms with Crippen molar-refractivity contribution in [3.8, 4) is 0 Å². The average molecular weight is 287 g/mol. The number of benzene rings is 1. The van der Waals surface area contributed by atoms with E-state index < -0.39 is 24.0 Å². The molecule has 20 heavy (non-hydrogen) atoms. The quantitative estimate of drug-likeness (QED) is 0.488. The minimum absolute atomic E-state index is 0.203. The molecule has 0 aliphatic rings. The molecule has 0 bridgehead atoms. The Labute approximate surface area is 115 Å². The molecule has 1 aromatic carbocycles. The first-order valence-corrected chi connectivity index (χ1v) is 5.98. The van der Waals surface area contributed by atoms with E-state index in [1.807, 2.05) is 0 Å². The zero-order valence-electron chi connectivity index (χ0n) is 11.7. The second-order valence-electron chi connectivity index (χ2n) is 5.48. The molecule has 1 rings (SSSR count). The lowest BCUT2D eigenvalue weighted by Gasteiger charge is -2.23. The third-order valence-electron chi connectivity index (χ3n) is 2.58. The lowest BCUT2D eigenvalue weighted by Crippen LogP contribution is -2.38. The maximum absolute atomic E-state index is 12.9. The summed E-state index contributed by atoms with van der Waals surface area (Å²) in [6.45, 7) is 0.712. The highest BCUT2D eigenvalue weighted by Crippen LogP contribution is 2.19. The molecular formula is C13H15BF3O3-. The topological polar surface area (TPSA) is 43.4 Å². The highest BCUT2D eigenvalue weighted by atomic mass is 19.4. The molecule has 0 aliphatic heterocycles. The second-order valence-corrected chi connectivity index (χ2v) is 5.48. The van der Waals surface area contributed by atoms with E-state index in [2.05, 4.69) is 0 Å². The molecule has 3 nitrogen and oxygen atoms in total. The summed E-state index contributed by atoms with van der Waals surface area (Å²) in [6, 6.07) is 1.86. The van der Waals surface area contributed by atoms with Crippen LogP contribution in [0.2, 0.25) is 0 Å². The Morgan fingerprint density at radius 3 is 2.20 bits per heavy atom. The molecule has 0 aromatic heterocycles. The van der Waals surface area contributed by atoms with Crippen molar-refractivity contribution < 1.29 is 27.3 Å². The molecule has 0 atom stereocenters. The summed E-state index contributed by atoms with van der Waals surface area (Å²) in [6.07, 6.45) is 0.276. The smallest absolute Gasteiger partial charge is 0.456 e. The molecule has 110 valence electrons. The molecule has 0 amide bonds. The van der Waals surface area contributed by atoms with E-state index in [1.165, 1.54) is 6.92 Å². The number of halogens is 3. The Morgan fingerprint density at radius 1 is 1.25 bits per heavy atom. The van der Waals surface area contributed by atoms with E-state index in [1.54, 1.807) is 20.8 Å². The number of rotatable bonds is 3. The van der Waals surface area contributed by atoms with E-state index >= 15 is 0 Å². The van der Waals surface area contributed by atoms with Gasteiger partial charge in [-0.3, -0.25) is 4.79 Å². The van der Waals surface area contributed by atoms with Gasteiger partial charge in [0, 0.05) is 5.56 Å². The molecule has 0 heterocycles. The van der Waals surface area contributed by atoms with Crippen molar-refractivity contribution in [3.63, 3.8) is 0 Å². The van der Waals surface area contributed by atoms with Gasteiger partial charge in [0.2, 0.25) is 0 Å². The largest absolute Gasteiger partial charge is 0.509 e. The molecule has 0 saturated heterocycles. The van der Waals surface area contributed by atoms with Gasteiger partial charge in [0.05, 0.1) is 5.56 Å². The summed E-state index contributed by atoms with van der Waals surface area (Å²) >= 11 is 0. The van der Waals surface area contributed by atoms with Gasteiger partial charge < -0.3 is 17.7 Å². The summed E-state index contributed by atoms with van der Waals surface area (Å²) in [7, 11) is 0. The van der Waals surface area contributed by atoms with Gasteiger partial charge in [-0.05, 0) is 33.8 Å². The van der Waals surface area contributed by atoms with Gasteiger partial charge in [0.1, 0.15) is 11.9 Å². The first-order chi connectivity index (χ1) is 8.95. The zero-order valence-corrected chi connectivity index (χ0v) is 11.7. The van der Waals surface area contributed by atoms with Crippen LogP contribution in [0.25, 0.3) is 0 Å². The Balaban J connectivity index is 3.40. The Hall–Kier alpha value is -1.79. The van der Waals surface area contributed by atoms with Gasteiger partial charge in [-0.1, -0.05) is 11.6 Å². The Bertz CT molecular complexity index is 545. The van der Waals surface area contributed by atoms with E-state index in [-0.39, 0.29) is 23.0 Å². The van der Waals surface area contributed by atoms with Gasteiger partial charge in [0.15, 0.2) is 0 Å². The van der Waals surface area contributed by atoms with Crippen LogP contribution in [0.4, 0.5) is 12.9 Å². The summed E-state index contributed by atoms with van der Waals surface area (Å²) in [5, 5.41) is 0. The lowest BCUT2D eigenvalue weighted by atomic mass is 9.75. The van der Waals surface area contributed by atoms with Crippen molar-refractivity contribution in [1.82, 2.24) is 0 Å². The lowest BCUT2D eigenvalue weighted by molar-refractivity contribution is 0.00688. The van der Waals surface area contributed by atoms with Crippen molar-refractivity contribution in [2.24, 2.45) is 0 Å². The van der Waals surface area contributed by atoms with Gasteiger partial charge in [-0.25, -0.2) is 4.79 Å². The number of hydrogen-bond donors (Lipinski definition) is 0. The highest BCUT2D eigenvalue weighted by molar-refractivity contribution is 6.74. The SMILES string of the molecule is Cc1c(C(=O)OC(C)(C)C)cc(C=O)cc1[B-](F)(F)F. The van der Waals surface area contributed by atoms with Gasteiger partial charge >= 0.3 is 12.9 Å². The second kappa shape index (κ2) is 5.30. The predicted molar refractivity (Wildman–Crippen MR) is 70.4 cm³/mol. The number of hydrogen-bond acceptors (Lipinski definition) is 3. The molecule has 0 radical (unpaired) electrons. The van der Waals surface area contributed by atoms with E-state index in [4.69, 9.17) is 4.74 Å². The Kier molecular flexibility index (Phi) is 4.31. The Morgan fingerprint density at radius 2 is 1.80 bits per heavy atom. The number of carbonyl (C=O) groups is 2. The van der Waals surface area contributed by atoms with Crippen molar-refractivity contribution in [2.45, 2.75) is 33.3 Å². The highest BCUT2D eigenvalue weighted by Gasteiger charge is 2.30. The van der Waals surface area contributed by atoms with E-state index in [0.29, 0.717) is 0 Å². The molecule has 1 aromatic rings. The first kappa shape index (κ1) is 16.3. The molecule has 0 unspecified atom stereocenters. The third kappa shape index (κ3) is 3.85. The number of esters is 1. The van der Waals surface area contributed by atoms with Crippen LogP contribution in [0.5, 0.6) is 0 Å². The van der Waals surface area contributed by atoms with Crippen LogP contribution in [0.15, 0.2) is 12.1 Å². The standard InChI is InChI=1S/C13H15BF3O3/c1-8-10(12(19)20-13(2,3)4)5-9(7-18)6-11(8)14(15,16)17/h5-7H,1-4H3/q-1. The maximum Gasteiger partial charge on any atom is 0.509 e. The molecule has 0 aliphatic carbocycles. The van der Waals surface area contributed by atoms with Crippen LogP contribution in [-0.4, -0.2) is 24.8 Å². The van der Waals surface area contributed by atoms with Crippen molar-refractivity contribution in [1.29, 1.82) is 0 Å². The van der Waals surface area contributed by atoms with Gasteiger partial charge in [-0.15, -0.1) is 5.46 Å². The van der Waals surface area contributed by atoms with Crippen LogP contribution < -0.4 is 5.46 Å².